The van der Waals surface area contributed by atoms with Crippen LogP contribution in [0.15, 0.2) is 42.7 Å². The fourth-order valence-electron chi connectivity index (χ4n) is 3.11. The first kappa shape index (κ1) is 17.0. The van der Waals surface area contributed by atoms with Crippen LogP contribution in [0.1, 0.15) is 29.6 Å². The Kier molecular flexibility index (Phi) is 4.97. The molecule has 3 rings (SSSR count). The number of amides is 1. The Morgan fingerprint density at radius 1 is 1.16 bits per heavy atom. The van der Waals surface area contributed by atoms with Crippen LogP contribution in [0.5, 0.6) is 5.75 Å². The number of carbonyl (C=O) groups excluding carboxylic acids is 1. The zero-order valence-electron chi connectivity index (χ0n) is 13.9. The van der Waals surface area contributed by atoms with E-state index in [4.69, 9.17) is 9.84 Å². The van der Waals surface area contributed by atoms with E-state index in [9.17, 15) is 9.59 Å². The van der Waals surface area contributed by atoms with Gasteiger partial charge >= 0.3 is 5.97 Å². The molecule has 0 aliphatic heterocycles. The van der Waals surface area contributed by atoms with Gasteiger partial charge in [-0.1, -0.05) is 12.1 Å². The fourth-order valence-corrected chi connectivity index (χ4v) is 3.11. The quantitative estimate of drug-likeness (QED) is 0.874. The molecule has 1 aromatic heterocycles. The minimum atomic E-state index is -0.792. The normalized spacial score (nSPS) is 19.4. The molecule has 0 radical (unpaired) electrons. The molecular weight excluding hydrogens is 320 g/mol. The number of methoxy groups -OCH3 is 1. The third kappa shape index (κ3) is 3.96. The highest BCUT2D eigenvalue weighted by molar-refractivity contribution is 5.95. The fraction of sp³-hybridized carbons (Fsp3) is 0.316. The molecule has 0 bridgehead atoms. The SMILES string of the molecule is COc1ccc(-c2cncc(C(=O)N[C@H]3CC[C@@H](C(=O)O)C3)c2)cc1. The monoisotopic (exact) mass is 340 g/mol. The summed E-state index contributed by atoms with van der Waals surface area (Å²) in [6.07, 6.45) is 4.99. The van der Waals surface area contributed by atoms with Crippen molar-refractivity contribution >= 4 is 11.9 Å². The van der Waals surface area contributed by atoms with Crippen LogP contribution in [0.4, 0.5) is 0 Å². The summed E-state index contributed by atoms with van der Waals surface area (Å²) < 4.78 is 5.15. The summed E-state index contributed by atoms with van der Waals surface area (Å²) in [7, 11) is 1.61. The number of rotatable bonds is 5. The number of benzene rings is 1. The molecule has 0 spiro atoms. The number of carboxylic acid groups (broad SMARTS) is 1. The Labute approximate surface area is 145 Å². The number of aliphatic carboxylic acids is 1. The minimum absolute atomic E-state index is 0.0988. The molecule has 130 valence electrons. The van der Waals surface area contributed by atoms with Crippen LogP contribution in [-0.4, -0.2) is 35.1 Å². The highest BCUT2D eigenvalue weighted by Crippen LogP contribution is 2.26. The van der Waals surface area contributed by atoms with Gasteiger partial charge in [-0.2, -0.15) is 0 Å². The van der Waals surface area contributed by atoms with Gasteiger partial charge in [-0.3, -0.25) is 14.6 Å². The molecule has 1 aromatic carbocycles. The largest absolute Gasteiger partial charge is 0.497 e. The first-order valence-corrected chi connectivity index (χ1v) is 8.20. The molecular formula is C19H20N2O4. The van der Waals surface area contributed by atoms with Gasteiger partial charge in [0, 0.05) is 24.0 Å². The summed E-state index contributed by atoms with van der Waals surface area (Å²) in [4.78, 5) is 27.6. The molecule has 1 heterocycles. The Hall–Kier alpha value is -2.89. The number of nitrogens with one attached hydrogen (secondary N) is 1. The van der Waals surface area contributed by atoms with Gasteiger partial charge in [0.2, 0.25) is 0 Å². The predicted octanol–water partition coefficient (Wildman–Crippen LogP) is 2.74. The molecule has 0 saturated heterocycles. The summed E-state index contributed by atoms with van der Waals surface area (Å²) in [6, 6.07) is 9.21. The molecule has 1 amide bonds. The maximum absolute atomic E-state index is 12.4. The lowest BCUT2D eigenvalue weighted by Gasteiger charge is -2.13. The lowest BCUT2D eigenvalue weighted by molar-refractivity contribution is -0.141. The van der Waals surface area contributed by atoms with Crippen molar-refractivity contribution in [2.75, 3.05) is 7.11 Å². The van der Waals surface area contributed by atoms with Gasteiger partial charge in [0.05, 0.1) is 18.6 Å². The lowest BCUT2D eigenvalue weighted by Crippen LogP contribution is -2.33. The van der Waals surface area contributed by atoms with Crippen LogP contribution in [0.25, 0.3) is 11.1 Å². The van der Waals surface area contributed by atoms with E-state index in [-0.39, 0.29) is 17.9 Å². The Morgan fingerprint density at radius 3 is 2.56 bits per heavy atom. The van der Waals surface area contributed by atoms with E-state index in [0.29, 0.717) is 24.8 Å². The van der Waals surface area contributed by atoms with Crippen molar-refractivity contribution in [3.05, 3.63) is 48.3 Å². The van der Waals surface area contributed by atoms with E-state index < -0.39 is 5.97 Å². The molecule has 6 nitrogen and oxygen atoms in total. The summed E-state index contributed by atoms with van der Waals surface area (Å²) >= 11 is 0. The second kappa shape index (κ2) is 7.34. The van der Waals surface area contributed by atoms with Crippen LogP contribution in [-0.2, 0) is 4.79 Å². The number of pyridine rings is 1. The predicted molar refractivity (Wildman–Crippen MR) is 92.5 cm³/mol. The van der Waals surface area contributed by atoms with E-state index in [2.05, 4.69) is 10.3 Å². The second-order valence-corrected chi connectivity index (χ2v) is 6.21. The highest BCUT2D eigenvalue weighted by atomic mass is 16.5. The van der Waals surface area contributed by atoms with Crippen LogP contribution in [0.3, 0.4) is 0 Å². The van der Waals surface area contributed by atoms with Crippen molar-refractivity contribution in [1.29, 1.82) is 0 Å². The molecule has 1 saturated carbocycles. The molecule has 1 fully saturated rings. The Morgan fingerprint density at radius 2 is 1.92 bits per heavy atom. The van der Waals surface area contributed by atoms with Crippen LogP contribution in [0, 0.1) is 5.92 Å². The van der Waals surface area contributed by atoms with Gasteiger partial charge in [-0.05, 0) is 43.0 Å². The average molecular weight is 340 g/mol. The third-order valence-electron chi connectivity index (χ3n) is 4.54. The van der Waals surface area contributed by atoms with Gasteiger partial charge in [-0.15, -0.1) is 0 Å². The van der Waals surface area contributed by atoms with Crippen LogP contribution < -0.4 is 10.1 Å². The Bertz CT molecular complexity index is 773. The maximum Gasteiger partial charge on any atom is 0.306 e. The van der Waals surface area contributed by atoms with E-state index in [1.807, 2.05) is 24.3 Å². The standard InChI is InChI=1S/C19H20N2O4/c1-25-17-6-3-12(4-7-17)14-8-15(11-20-10-14)18(22)21-16-5-2-13(9-16)19(23)24/h3-4,6-8,10-11,13,16H,2,5,9H2,1H3,(H,21,22)(H,23,24)/t13-,16+/m1/s1. The first-order chi connectivity index (χ1) is 12.1. The number of carboxylic acids is 1. The zero-order valence-corrected chi connectivity index (χ0v) is 13.9. The van der Waals surface area contributed by atoms with Crippen LogP contribution >= 0.6 is 0 Å². The van der Waals surface area contributed by atoms with Crippen molar-refractivity contribution in [2.24, 2.45) is 5.92 Å². The van der Waals surface area contributed by atoms with Gasteiger partial charge in [0.15, 0.2) is 0 Å². The highest BCUT2D eigenvalue weighted by Gasteiger charge is 2.30. The third-order valence-corrected chi connectivity index (χ3v) is 4.54. The maximum atomic E-state index is 12.4. The number of hydrogen-bond acceptors (Lipinski definition) is 4. The summed E-state index contributed by atoms with van der Waals surface area (Å²) in [5, 5.41) is 12.0. The van der Waals surface area contributed by atoms with Crippen molar-refractivity contribution in [1.82, 2.24) is 10.3 Å². The van der Waals surface area contributed by atoms with E-state index >= 15 is 0 Å². The van der Waals surface area contributed by atoms with E-state index in [1.54, 1.807) is 19.4 Å². The van der Waals surface area contributed by atoms with Crippen molar-refractivity contribution in [3.63, 3.8) is 0 Å². The lowest BCUT2D eigenvalue weighted by atomic mass is 10.1. The molecule has 0 unspecified atom stereocenters. The molecule has 1 aliphatic carbocycles. The van der Waals surface area contributed by atoms with Crippen molar-refractivity contribution in [3.8, 4) is 16.9 Å². The average Bonchev–Trinajstić information content (AvgIpc) is 3.11. The van der Waals surface area contributed by atoms with Crippen molar-refractivity contribution in [2.45, 2.75) is 25.3 Å². The minimum Gasteiger partial charge on any atom is -0.497 e. The van der Waals surface area contributed by atoms with Gasteiger partial charge < -0.3 is 15.2 Å². The van der Waals surface area contributed by atoms with Gasteiger partial charge in [0.1, 0.15) is 5.75 Å². The van der Waals surface area contributed by atoms with E-state index in [1.165, 1.54) is 6.20 Å². The zero-order chi connectivity index (χ0) is 17.8. The first-order valence-electron chi connectivity index (χ1n) is 8.20. The molecule has 1 aliphatic rings. The molecule has 2 aromatic rings. The summed E-state index contributed by atoms with van der Waals surface area (Å²) in [5.74, 6) is -0.618. The second-order valence-electron chi connectivity index (χ2n) is 6.21. The van der Waals surface area contributed by atoms with Gasteiger partial charge in [0.25, 0.3) is 5.91 Å². The number of nitrogens with zero attached hydrogens (tertiary/aromatic N) is 1. The molecule has 2 atom stereocenters. The number of carbonyl (C=O) groups is 2. The number of aromatic nitrogens is 1. The number of hydrogen-bond donors (Lipinski definition) is 2. The summed E-state index contributed by atoms with van der Waals surface area (Å²) in [5.41, 5.74) is 2.24. The number of ether oxygens (including phenoxy) is 1. The van der Waals surface area contributed by atoms with Crippen molar-refractivity contribution < 1.29 is 19.4 Å². The molecule has 25 heavy (non-hydrogen) atoms. The molecule has 2 N–H and O–H groups in total. The topological polar surface area (TPSA) is 88.5 Å². The van der Waals surface area contributed by atoms with E-state index in [0.717, 1.165) is 16.9 Å². The Balaban J connectivity index is 1.70. The van der Waals surface area contributed by atoms with Crippen LogP contribution in [0.2, 0.25) is 0 Å². The van der Waals surface area contributed by atoms with Gasteiger partial charge in [-0.25, -0.2) is 0 Å². The summed E-state index contributed by atoms with van der Waals surface area (Å²) in [6.45, 7) is 0. The molecule has 6 heteroatoms. The smallest absolute Gasteiger partial charge is 0.306 e.